The van der Waals surface area contributed by atoms with Gasteiger partial charge in [0.05, 0.1) is 19.8 Å². The number of aliphatic imine (C=N–C) groups is 1. The predicted octanol–water partition coefficient (Wildman–Crippen LogP) is 2.07. The van der Waals surface area contributed by atoms with Crippen molar-refractivity contribution in [1.29, 1.82) is 0 Å². The Morgan fingerprint density at radius 1 is 1.32 bits per heavy atom. The standard InChI is InChI=1S/C16H32N4O.HI/c1-6-17-14(19-13-11-15(13,2)3)18-12-16(4,5)20-7-9-21-10-8-20;/h13H,6-12H2,1-5H3,(H2,17,18,19);1H. The first-order valence-electron chi connectivity index (χ1n) is 8.23. The summed E-state index contributed by atoms with van der Waals surface area (Å²) in [6, 6.07) is 0.557. The highest BCUT2D eigenvalue weighted by Crippen LogP contribution is 2.44. The molecule has 2 aliphatic rings. The van der Waals surface area contributed by atoms with Gasteiger partial charge in [-0.15, -0.1) is 24.0 Å². The molecule has 0 spiro atoms. The zero-order valence-corrected chi connectivity index (χ0v) is 17.1. The Kier molecular flexibility index (Phi) is 7.39. The van der Waals surface area contributed by atoms with E-state index in [0.717, 1.165) is 45.4 Å². The molecule has 1 heterocycles. The second kappa shape index (κ2) is 8.15. The first kappa shape index (κ1) is 20.0. The zero-order chi connectivity index (χ0) is 15.5. The van der Waals surface area contributed by atoms with E-state index in [1.54, 1.807) is 0 Å². The highest BCUT2D eigenvalue weighted by molar-refractivity contribution is 14.0. The van der Waals surface area contributed by atoms with Crippen LogP contribution in [0.15, 0.2) is 4.99 Å². The lowest BCUT2D eigenvalue weighted by Gasteiger charge is -2.39. The lowest BCUT2D eigenvalue weighted by atomic mass is 10.0. The molecule has 5 nitrogen and oxygen atoms in total. The van der Waals surface area contributed by atoms with Gasteiger partial charge in [0.25, 0.3) is 0 Å². The Morgan fingerprint density at radius 2 is 1.91 bits per heavy atom. The Bertz CT molecular complexity index is 378. The van der Waals surface area contributed by atoms with E-state index in [9.17, 15) is 0 Å². The summed E-state index contributed by atoms with van der Waals surface area (Å²) >= 11 is 0. The minimum absolute atomic E-state index is 0. The van der Waals surface area contributed by atoms with E-state index in [1.807, 2.05) is 0 Å². The molecule has 0 aromatic rings. The minimum atomic E-state index is 0. The fourth-order valence-corrected chi connectivity index (χ4v) is 2.74. The SMILES string of the molecule is CCNC(=NCC(C)(C)N1CCOCC1)NC1CC1(C)C.I. The van der Waals surface area contributed by atoms with Gasteiger partial charge in [0.2, 0.25) is 0 Å². The first-order valence-corrected chi connectivity index (χ1v) is 8.23. The molecule has 1 aliphatic heterocycles. The zero-order valence-electron chi connectivity index (χ0n) is 14.7. The third-order valence-electron chi connectivity index (χ3n) is 4.66. The van der Waals surface area contributed by atoms with Crippen molar-refractivity contribution in [3.63, 3.8) is 0 Å². The topological polar surface area (TPSA) is 48.9 Å². The summed E-state index contributed by atoms with van der Waals surface area (Å²) in [6.45, 7) is 16.6. The molecule has 0 aromatic carbocycles. The molecule has 1 atom stereocenters. The molecule has 2 fully saturated rings. The summed E-state index contributed by atoms with van der Waals surface area (Å²) in [5.41, 5.74) is 0.487. The van der Waals surface area contributed by atoms with E-state index in [1.165, 1.54) is 6.42 Å². The van der Waals surface area contributed by atoms with E-state index in [-0.39, 0.29) is 29.5 Å². The Hall–Kier alpha value is -0.0800. The molecule has 1 saturated heterocycles. The van der Waals surface area contributed by atoms with E-state index >= 15 is 0 Å². The van der Waals surface area contributed by atoms with Gasteiger partial charge in [0, 0.05) is 31.2 Å². The maximum atomic E-state index is 5.44. The molecule has 0 bridgehead atoms. The molecule has 6 heteroatoms. The number of hydrogen-bond acceptors (Lipinski definition) is 3. The highest BCUT2D eigenvalue weighted by Gasteiger charge is 2.46. The van der Waals surface area contributed by atoms with Crippen LogP contribution >= 0.6 is 24.0 Å². The Balaban J connectivity index is 0.00000242. The molecule has 0 aromatic heterocycles. The van der Waals surface area contributed by atoms with Crippen molar-refractivity contribution >= 4 is 29.9 Å². The second-order valence-electron chi connectivity index (χ2n) is 7.50. The number of guanidine groups is 1. The first-order chi connectivity index (χ1) is 9.85. The van der Waals surface area contributed by atoms with Crippen molar-refractivity contribution in [1.82, 2.24) is 15.5 Å². The number of nitrogens with one attached hydrogen (secondary N) is 2. The largest absolute Gasteiger partial charge is 0.379 e. The average molecular weight is 424 g/mol. The molecular formula is C16H33IN4O. The van der Waals surface area contributed by atoms with E-state index in [2.05, 4.69) is 50.2 Å². The summed E-state index contributed by atoms with van der Waals surface area (Å²) in [5, 5.41) is 6.92. The summed E-state index contributed by atoms with van der Waals surface area (Å²) in [5.74, 6) is 0.953. The molecular weight excluding hydrogens is 391 g/mol. The van der Waals surface area contributed by atoms with Crippen molar-refractivity contribution in [2.45, 2.75) is 52.6 Å². The highest BCUT2D eigenvalue weighted by atomic mass is 127. The van der Waals surface area contributed by atoms with Crippen LogP contribution in [0.25, 0.3) is 0 Å². The van der Waals surface area contributed by atoms with E-state index in [0.29, 0.717) is 11.5 Å². The molecule has 22 heavy (non-hydrogen) atoms. The van der Waals surface area contributed by atoms with Crippen molar-refractivity contribution in [3.8, 4) is 0 Å². The van der Waals surface area contributed by atoms with Gasteiger partial charge in [0.1, 0.15) is 0 Å². The molecule has 0 amide bonds. The predicted molar refractivity (Wildman–Crippen MR) is 103 cm³/mol. The lowest BCUT2D eigenvalue weighted by Crippen LogP contribution is -2.52. The molecule has 1 saturated carbocycles. The van der Waals surface area contributed by atoms with Crippen LogP contribution in [-0.4, -0.2) is 61.8 Å². The molecule has 130 valence electrons. The van der Waals surface area contributed by atoms with Crippen LogP contribution in [0.3, 0.4) is 0 Å². The molecule has 0 radical (unpaired) electrons. The van der Waals surface area contributed by atoms with Crippen molar-refractivity contribution in [2.75, 3.05) is 39.4 Å². The van der Waals surface area contributed by atoms with Gasteiger partial charge < -0.3 is 15.4 Å². The Morgan fingerprint density at radius 3 is 2.41 bits per heavy atom. The minimum Gasteiger partial charge on any atom is -0.379 e. The van der Waals surface area contributed by atoms with Gasteiger partial charge in [-0.05, 0) is 32.6 Å². The monoisotopic (exact) mass is 424 g/mol. The lowest BCUT2D eigenvalue weighted by molar-refractivity contribution is -0.00684. The molecule has 2 N–H and O–H groups in total. The summed E-state index contributed by atoms with van der Waals surface area (Å²) < 4.78 is 5.44. The summed E-state index contributed by atoms with van der Waals surface area (Å²) in [4.78, 5) is 7.29. The van der Waals surface area contributed by atoms with Gasteiger partial charge in [-0.25, -0.2) is 0 Å². The Labute approximate surface area is 152 Å². The number of hydrogen-bond donors (Lipinski definition) is 2. The number of ether oxygens (including phenoxy) is 1. The fraction of sp³-hybridized carbons (Fsp3) is 0.938. The molecule has 2 rings (SSSR count). The average Bonchev–Trinajstić information content (AvgIpc) is 3.04. The quantitative estimate of drug-likeness (QED) is 0.403. The third kappa shape index (κ3) is 5.53. The van der Waals surface area contributed by atoms with Gasteiger partial charge >= 0.3 is 0 Å². The number of rotatable bonds is 5. The molecule has 1 unspecified atom stereocenters. The second-order valence-corrected chi connectivity index (χ2v) is 7.50. The van der Waals surface area contributed by atoms with Crippen LogP contribution in [0.1, 0.15) is 41.0 Å². The number of halogens is 1. The summed E-state index contributed by atoms with van der Waals surface area (Å²) in [6.07, 6.45) is 1.23. The maximum absolute atomic E-state index is 5.44. The van der Waals surface area contributed by atoms with E-state index in [4.69, 9.17) is 9.73 Å². The maximum Gasteiger partial charge on any atom is 0.191 e. The van der Waals surface area contributed by atoms with Gasteiger partial charge in [-0.3, -0.25) is 9.89 Å². The summed E-state index contributed by atoms with van der Waals surface area (Å²) in [7, 11) is 0. The van der Waals surface area contributed by atoms with Crippen LogP contribution < -0.4 is 10.6 Å². The smallest absolute Gasteiger partial charge is 0.191 e. The van der Waals surface area contributed by atoms with Gasteiger partial charge in [-0.1, -0.05) is 13.8 Å². The van der Waals surface area contributed by atoms with Crippen LogP contribution in [0, 0.1) is 5.41 Å². The van der Waals surface area contributed by atoms with E-state index < -0.39 is 0 Å². The van der Waals surface area contributed by atoms with Crippen LogP contribution in [0.2, 0.25) is 0 Å². The normalized spacial score (nSPS) is 25.3. The van der Waals surface area contributed by atoms with Crippen LogP contribution in [0.4, 0.5) is 0 Å². The van der Waals surface area contributed by atoms with Crippen LogP contribution in [-0.2, 0) is 4.74 Å². The van der Waals surface area contributed by atoms with Crippen molar-refractivity contribution in [3.05, 3.63) is 0 Å². The number of morpholine rings is 1. The van der Waals surface area contributed by atoms with Crippen LogP contribution in [0.5, 0.6) is 0 Å². The fourth-order valence-electron chi connectivity index (χ4n) is 2.74. The van der Waals surface area contributed by atoms with Gasteiger partial charge in [-0.2, -0.15) is 0 Å². The third-order valence-corrected chi connectivity index (χ3v) is 4.66. The van der Waals surface area contributed by atoms with Crippen molar-refractivity contribution < 1.29 is 4.74 Å². The van der Waals surface area contributed by atoms with Crippen molar-refractivity contribution in [2.24, 2.45) is 10.4 Å². The number of nitrogens with zero attached hydrogens (tertiary/aromatic N) is 2. The van der Waals surface area contributed by atoms with Gasteiger partial charge in [0.15, 0.2) is 5.96 Å². The molecule has 1 aliphatic carbocycles.